The summed E-state index contributed by atoms with van der Waals surface area (Å²) in [7, 11) is 0. The third-order valence-electron chi connectivity index (χ3n) is 2.83. The van der Waals surface area contributed by atoms with Gasteiger partial charge in [0.15, 0.2) is 5.16 Å². The lowest BCUT2D eigenvalue weighted by molar-refractivity contribution is -0.113. The lowest BCUT2D eigenvalue weighted by Gasteiger charge is -2.08. The lowest BCUT2D eigenvalue weighted by Crippen LogP contribution is -2.15. The predicted molar refractivity (Wildman–Crippen MR) is 98.2 cm³/mol. The van der Waals surface area contributed by atoms with E-state index in [2.05, 4.69) is 15.3 Å². The number of hydrogen-bond donors (Lipinski definition) is 2. The van der Waals surface area contributed by atoms with Crippen LogP contribution in [0.25, 0.3) is 0 Å². The molecule has 1 heterocycles. The fraction of sp³-hybridized carbons (Fsp3) is 0.200. The molecule has 0 saturated heterocycles. The Morgan fingerprint density at radius 3 is 2.80 bits per heavy atom. The number of nitrogens with zero attached hydrogens (tertiary/aromatic N) is 2. The Bertz CT molecular complexity index is 804. The monoisotopic (exact) mass is 400 g/mol. The van der Waals surface area contributed by atoms with Crippen LogP contribution in [0.3, 0.4) is 0 Å². The number of carbonyl (C=O) groups excluding carboxylic acids is 2. The van der Waals surface area contributed by atoms with Crippen LogP contribution in [0, 0.1) is 0 Å². The number of halogens is 2. The zero-order valence-corrected chi connectivity index (χ0v) is 15.4. The Balaban J connectivity index is 1.96. The van der Waals surface area contributed by atoms with E-state index in [9.17, 15) is 9.59 Å². The van der Waals surface area contributed by atoms with Crippen LogP contribution in [-0.2, 0) is 9.53 Å². The summed E-state index contributed by atoms with van der Waals surface area (Å²) in [6.07, 6.45) is 1.27. The highest BCUT2D eigenvalue weighted by atomic mass is 35.5. The number of carbonyl (C=O) groups is 2. The first-order valence-corrected chi connectivity index (χ1v) is 8.82. The molecule has 0 unspecified atom stereocenters. The molecule has 0 bridgehead atoms. The molecule has 0 aliphatic carbocycles. The van der Waals surface area contributed by atoms with Crippen LogP contribution < -0.4 is 11.1 Å². The molecule has 0 atom stereocenters. The molecule has 0 fully saturated rings. The smallest absolute Gasteiger partial charge is 0.343 e. The maximum absolute atomic E-state index is 12.0. The molecule has 1 aromatic heterocycles. The van der Waals surface area contributed by atoms with Gasteiger partial charge in [-0.05, 0) is 25.1 Å². The highest BCUT2D eigenvalue weighted by Gasteiger charge is 2.15. The number of ether oxygens (including phenoxy) is 1. The summed E-state index contributed by atoms with van der Waals surface area (Å²) in [4.78, 5) is 31.6. The zero-order valence-electron chi connectivity index (χ0n) is 13.1. The molecule has 2 rings (SSSR count). The number of anilines is 2. The first-order chi connectivity index (χ1) is 11.9. The number of aromatic nitrogens is 2. The van der Waals surface area contributed by atoms with E-state index in [0.29, 0.717) is 15.7 Å². The molecular formula is C15H14Cl2N4O3S. The average Bonchev–Trinajstić information content (AvgIpc) is 2.56. The molecule has 0 aliphatic rings. The van der Waals surface area contributed by atoms with Crippen LogP contribution in [-0.4, -0.2) is 34.2 Å². The van der Waals surface area contributed by atoms with Gasteiger partial charge in [-0.2, -0.15) is 0 Å². The summed E-state index contributed by atoms with van der Waals surface area (Å²) >= 11 is 12.9. The Labute approximate surface area is 158 Å². The number of amides is 1. The molecule has 0 saturated carbocycles. The van der Waals surface area contributed by atoms with Crippen molar-refractivity contribution in [3.05, 3.63) is 40.0 Å². The van der Waals surface area contributed by atoms with E-state index in [1.54, 1.807) is 25.1 Å². The second-order valence-electron chi connectivity index (χ2n) is 4.63. The third kappa shape index (κ3) is 5.48. The molecule has 7 nitrogen and oxygen atoms in total. The topological polar surface area (TPSA) is 107 Å². The van der Waals surface area contributed by atoms with Crippen molar-refractivity contribution < 1.29 is 14.3 Å². The Kier molecular flexibility index (Phi) is 6.86. The fourth-order valence-corrected chi connectivity index (χ4v) is 2.68. The van der Waals surface area contributed by atoms with Crippen molar-refractivity contribution in [1.29, 1.82) is 0 Å². The second kappa shape index (κ2) is 8.89. The number of rotatable bonds is 6. The summed E-state index contributed by atoms with van der Waals surface area (Å²) in [5.41, 5.74) is 6.22. The maximum Gasteiger partial charge on any atom is 0.343 e. The van der Waals surface area contributed by atoms with Crippen molar-refractivity contribution in [3.8, 4) is 0 Å². The van der Waals surface area contributed by atoms with Crippen LogP contribution in [0.15, 0.2) is 29.6 Å². The number of hydrogen-bond acceptors (Lipinski definition) is 7. The molecule has 0 aliphatic heterocycles. The van der Waals surface area contributed by atoms with E-state index in [1.807, 2.05) is 0 Å². The van der Waals surface area contributed by atoms with Gasteiger partial charge in [0.05, 0.1) is 23.1 Å². The van der Waals surface area contributed by atoms with Gasteiger partial charge < -0.3 is 15.8 Å². The minimum absolute atomic E-state index is 0.00533. The third-order valence-corrected chi connectivity index (χ3v) is 4.25. The summed E-state index contributed by atoms with van der Waals surface area (Å²) in [6, 6.07) is 4.76. The normalized spacial score (nSPS) is 10.4. The number of nitrogen functional groups attached to an aromatic ring is 1. The van der Waals surface area contributed by atoms with Gasteiger partial charge in [-0.15, -0.1) is 0 Å². The molecule has 3 N–H and O–H groups in total. The Morgan fingerprint density at radius 1 is 1.36 bits per heavy atom. The van der Waals surface area contributed by atoms with Crippen molar-refractivity contribution in [2.75, 3.05) is 23.4 Å². The van der Waals surface area contributed by atoms with Crippen molar-refractivity contribution in [2.24, 2.45) is 0 Å². The molecule has 0 radical (unpaired) electrons. The maximum atomic E-state index is 12.0. The van der Waals surface area contributed by atoms with Gasteiger partial charge in [0.2, 0.25) is 5.91 Å². The van der Waals surface area contributed by atoms with E-state index < -0.39 is 5.97 Å². The number of thioether (sulfide) groups is 1. The molecule has 1 aromatic carbocycles. The van der Waals surface area contributed by atoms with Crippen molar-refractivity contribution in [3.63, 3.8) is 0 Å². The SMILES string of the molecule is CCOC(=O)c1cnc(SCC(=O)Nc2cc(Cl)ccc2Cl)nc1N. The lowest BCUT2D eigenvalue weighted by atomic mass is 10.3. The Morgan fingerprint density at radius 2 is 2.12 bits per heavy atom. The van der Waals surface area contributed by atoms with E-state index in [4.69, 9.17) is 33.7 Å². The number of benzene rings is 1. The van der Waals surface area contributed by atoms with Crippen LogP contribution >= 0.6 is 35.0 Å². The van der Waals surface area contributed by atoms with Gasteiger partial charge in [-0.3, -0.25) is 4.79 Å². The van der Waals surface area contributed by atoms with Crippen molar-refractivity contribution in [1.82, 2.24) is 9.97 Å². The van der Waals surface area contributed by atoms with Crippen LogP contribution in [0.4, 0.5) is 11.5 Å². The molecule has 132 valence electrons. The largest absolute Gasteiger partial charge is 0.462 e. The van der Waals surface area contributed by atoms with Crippen LogP contribution in [0.2, 0.25) is 10.0 Å². The minimum atomic E-state index is -0.593. The van der Waals surface area contributed by atoms with E-state index in [1.165, 1.54) is 6.20 Å². The molecular weight excluding hydrogens is 387 g/mol. The standard InChI is InChI=1S/C15H14Cl2N4O3S/c1-2-24-14(23)9-6-19-15(21-13(9)18)25-7-12(22)20-11-5-8(16)3-4-10(11)17/h3-6H,2,7H2,1H3,(H,20,22)(H2,18,19,21). The number of esters is 1. The molecule has 10 heteroatoms. The van der Waals surface area contributed by atoms with Crippen LogP contribution in [0.1, 0.15) is 17.3 Å². The minimum Gasteiger partial charge on any atom is -0.462 e. The summed E-state index contributed by atoms with van der Waals surface area (Å²) in [5.74, 6) is -0.883. The van der Waals surface area contributed by atoms with Gasteiger partial charge in [-0.1, -0.05) is 35.0 Å². The van der Waals surface area contributed by atoms with Gasteiger partial charge in [0, 0.05) is 11.2 Å². The highest BCUT2D eigenvalue weighted by Crippen LogP contribution is 2.26. The second-order valence-corrected chi connectivity index (χ2v) is 6.42. The van der Waals surface area contributed by atoms with Gasteiger partial charge >= 0.3 is 5.97 Å². The first-order valence-electron chi connectivity index (χ1n) is 7.08. The first kappa shape index (κ1) is 19.3. The molecule has 2 aromatic rings. The molecule has 1 amide bonds. The number of nitrogens with one attached hydrogen (secondary N) is 1. The quantitative estimate of drug-likeness (QED) is 0.435. The fourth-order valence-electron chi connectivity index (χ4n) is 1.72. The molecule has 0 spiro atoms. The summed E-state index contributed by atoms with van der Waals surface area (Å²) in [5, 5.41) is 3.74. The highest BCUT2D eigenvalue weighted by molar-refractivity contribution is 7.99. The van der Waals surface area contributed by atoms with Gasteiger partial charge in [0.1, 0.15) is 11.4 Å². The van der Waals surface area contributed by atoms with E-state index in [0.717, 1.165) is 11.8 Å². The van der Waals surface area contributed by atoms with Crippen molar-refractivity contribution >= 4 is 58.3 Å². The van der Waals surface area contributed by atoms with Crippen LogP contribution in [0.5, 0.6) is 0 Å². The predicted octanol–water partition coefficient (Wildman–Crippen LogP) is 3.27. The van der Waals surface area contributed by atoms with E-state index >= 15 is 0 Å². The van der Waals surface area contributed by atoms with Gasteiger partial charge in [-0.25, -0.2) is 14.8 Å². The summed E-state index contributed by atoms with van der Waals surface area (Å²) in [6.45, 7) is 1.91. The zero-order chi connectivity index (χ0) is 18.4. The summed E-state index contributed by atoms with van der Waals surface area (Å²) < 4.78 is 4.84. The number of nitrogens with two attached hydrogens (primary N) is 1. The van der Waals surface area contributed by atoms with Gasteiger partial charge in [0.25, 0.3) is 0 Å². The molecule has 25 heavy (non-hydrogen) atoms. The Hall–Kier alpha value is -2.03. The average molecular weight is 401 g/mol. The van der Waals surface area contributed by atoms with Crippen molar-refractivity contribution in [2.45, 2.75) is 12.1 Å². The van der Waals surface area contributed by atoms with E-state index in [-0.39, 0.29) is 34.8 Å².